The zero-order valence-corrected chi connectivity index (χ0v) is 10.3. The highest BCUT2D eigenvalue weighted by molar-refractivity contribution is 4.91. The lowest BCUT2D eigenvalue weighted by Gasteiger charge is -2.26. The predicted molar refractivity (Wildman–Crippen MR) is 63.3 cm³/mol. The van der Waals surface area contributed by atoms with E-state index in [1.54, 1.807) is 0 Å². The lowest BCUT2D eigenvalue weighted by molar-refractivity contribution is 0.00338. The second-order valence-corrected chi connectivity index (χ2v) is 6.15. The van der Waals surface area contributed by atoms with Crippen LogP contribution in [0.3, 0.4) is 0 Å². The van der Waals surface area contributed by atoms with E-state index in [2.05, 4.69) is 10.2 Å². The fourth-order valence-electron chi connectivity index (χ4n) is 3.74. The Morgan fingerprint density at radius 3 is 2.71 bits per heavy atom. The molecular formula is C13H22F2N2. The molecule has 0 radical (unpaired) electrons. The molecule has 3 rings (SSSR count). The summed E-state index contributed by atoms with van der Waals surface area (Å²) in [5.41, 5.74) is 0. The molecule has 2 heterocycles. The molecule has 1 saturated carbocycles. The van der Waals surface area contributed by atoms with Crippen molar-refractivity contribution in [1.82, 2.24) is 10.2 Å². The van der Waals surface area contributed by atoms with Crippen molar-refractivity contribution in [2.75, 3.05) is 19.6 Å². The minimum atomic E-state index is -2.38. The van der Waals surface area contributed by atoms with Gasteiger partial charge in [0.05, 0.1) is 0 Å². The van der Waals surface area contributed by atoms with Crippen LogP contribution in [-0.4, -0.2) is 42.5 Å². The fraction of sp³-hybridized carbons (Fsp3) is 1.00. The number of nitrogens with one attached hydrogen (secondary N) is 1. The molecule has 2 nitrogen and oxygen atoms in total. The van der Waals surface area contributed by atoms with Crippen LogP contribution in [0.5, 0.6) is 0 Å². The van der Waals surface area contributed by atoms with Crippen LogP contribution in [0.1, 0.15) is 38.5 Å². The van der Waals surface area contributed by atoms with Gasteiger partial charge in [-0.15, -0.1) is 0 Å². The molecule has 0 aromatic carbocycles. The molecule has 0 aromatic heterocycles. The fourth-order valence-corrected chi connectivity index (χ4v) is 3.74. The first kappa shape index (κ1) is 11.8. The second-order valence-electron chi connectivity index (χ2n) is 6.15. The van der Waals surface area contributed by atoms with Crippen molar-refractivity contribution in [3.05, 3.63) is 0 Å². The van der Waals surface area contributed by atoms with Gasteiger partial charge >= 0.3 is 0 Å². The van der Waals surface area contributed by atoms with Crippen LogP contribution < -0.4 is 5.32 Å². The molecule has 2 saturated heterocycles. The molecule has 98 valence electrons. The minimum Gasteiger partial charge on any atom is -0.310 e. The summed E-state index contributed by atoms with van der Waals surface area (Å²) < 4.78 is 26.3. The molecule has 4 heteroatoms. The number of nitrogens with zero attached hydrogens (tertiary/aromatic N) is 1. The molecule has 3 fully saturated rings. The number of fused-ring (bicyclic) bond motifs is 2. The van der Waals surface area contributed by atoms with Crippen molar-refractivity contribution in [2.24, 2.45) is 5.92 Å². The van der Waals surface area contributed by atoms with Crippen molar-refractivity contribution in [3.63, 3.8) is 0 Å². The van der Waals surface area contributed by atoms with Gasteiger partial charge in [0, 0.05) is 38.0 Å². The third kappa shape index (κ3) is 2.79. The van der Waals surface area contributed by atoms with Crippen LogP contribution >= 0.6 is 0 Å². The maximum Gasteiger partial charge on any atom is 0.248 e. The molecule has 17 heavy (non-hydrogen) atoms. The first-order chi connectivity index (χ1) is 8.11. The quantitative estimate of drug-likeness (QED) is 0.801. The standard InChI is InChI=1S/C13H22F2N2/c14-13(15)5-3-10(7-13)8-17-6-4-11-1-2-12(9-17)16-11/h10-12,16H,1-9H2. The third-order valence-electron chi connectivity index (χ3n) is 4.63. The first-order valence-electron chi connectivity index (χ1n) is 6.97. The Kier molecular flexibility index (Phi) is 3.11. The highest BCUT2D eigenvalue weighted by Gasteiger charge is 2.40. The van der Waals surface area contributed by atoms with Crippen LogP contribution in [0, 0.1) is 5.92 Å². The third-order valence-corrected chi connectivity index (χ3v) is 4.63. The number of likely N-dealkylation sites (tertiary alicyclic amines) is 1. The van der Waals surface area contributed by atoms with Gasteiger partial charge in [-0.25, -0.2) is 8.78 Å². The van der Waals surface area contributed by atoms with E-state index in [1.807, 2.05) is 0 Å². The van der Waals surface area contributed by atoms with Gasteiger partial charge in [-0.1, -0.05) is 0 Å². The summed E-state index contributed by atoms with van der Waals surface area (Å²) in [5.74, 6) is -2.16. The molecule has 0 aromatic rings. The van der Waals surface area contributed by atoms with Gasteiger partial charge < -0.3 is 10.2 Å². The Morgan fingerprint density at radius 1 is 1.12 bits per heavy atom. The molecule has 0 amide bonds. The lowest BCUT2D eigenvalue weighted by Crippen LogP contribution is -2.37. The van der Waals surface area contributed by atoms with Crippen molar-refractivity contribution in [3.8, 4) is 0 Å². The lowest BCUT2D eigenvalue weighted by atomic mass is 10.0. The van der Waals surface area contributed by atoms with Crippen molar-refractivity contribution in [1.29, 1.82) is 0 Å². The summed E-state index contributed by atoms with van der Waals surface area (Å²) in [6.07, 6.45) is 4.70. The Labute approximate surface area is 102 Å². The van der Waals surface area contributed by atoms with E-state index in [0.717, 1.165) is 19.6 Å². The summed E-state index contributed by atoms with van der Waals surface area (Å²) in [4.78, 5) is 2.42. The topological polar surface area (TPSA) is 15.3 Å². The monoisotopic (exact) mass is 244 g/mol. The molecular weight excluding hydrogens is 222 g/mol. The van der Waals surface area contributed by atoms with Gasteiger partial charge in [0.15, 0.2) is 0 Å². The van der Waals surface area contributed by atoms with E-state index in [9.17, 15) is 8.78 Å². The number of hydrogen-bond donors (Lipinski definition) is 1. The van der Waals surface area contributed by atoms with Gasteiger partial charge in [0.2, 0.25) is 5.92 Å². The van der Waals surface area contributed by atoms with Gasteiger partial charge in [-0.05, 0) is 38.1 Å². The molecule has 3 unspecified atom stereocenters. The van der Waals surface area contributed by atoms with E-state index in [1.165, 1.54) is 19.3 Å². The Morgan fingerprint density at radius 2 is 1.94 bits per heavy atom. The van der Waals surface area contributed by atoms with Crippen LogP contribution in [0.2, 0.25) is 0 Å². The van der Waals surface area contributed by atoms with Gasteiger partial charge in [0.1, 0.15) is 0 Å². The van der Waals surface area contributed by atoms with Crippen molar-refractivity contribution >= 4 is 0 Å². The molecule has 2 aliphatic heterocycles. The molecule has 1 aliphatic carbocycles. The van der Waals surface area contributed by atoms with E-state index in [-0.39, 0.29) is 18.8 Å². The van der Waals surface area contributed by atoms with Crippen LogP contribution in [0.15, 0.2) is 0 Å². The Hall–Kier alpha value is -0.220. The van der Waals surface area contributed by atoms with Gasteiger partial charge in [-0.2, -0.15) is 0 Å². The average Bonchev–Trinajstić information content (AvgIpc) is 2.74. The highest BCUT2D eigenvalue weighted by Crippen LogP contribution is 2.39. The number of alkyl halides is 2. The SMILES string of the molecule is FC1(F)CCC(CN2CCC3CCC(C2)N3)C1. The predicted octanol–water partition coefficient (Wildman–Crippen LogP) is 2.25. The van der Waals surface area contributed by atoms with Crippen LogP contribution in [0.4, 0.5) is 8.78 Å². The molecule has 3 atom stereocenters. The molecule has 2 bridgehead atoms. The normalized spacial score (nSPS) is 41.6. The van der Waals surface area contributed by atoms with Crippen molar-refractivity contribution in [2.45, 2.75) is 56.5 Å². The maximum absolute atomic E-state index is 13.1. The maximum atomic E-state index is 13.1. The smallest absolute Gasteiger partial charge is 0.248 e. The summed E-state index contributed by atoms with van der Waals surface area (Å²) in [6.45, 7) is 3.05. The van der Waals surface area contributed by atoms with E-state index < -0.39 is 5.92 Å². The second kappa shape index (κ2) is 4.47. The van der Waals surface area contributed by atoms with E-state index in [4.69, 9.17) is 0 Å². The number of hydrogen-bond acceptors (Lipinski definition) is 2. The molecule has 1 N–H and O–H groups in total. The number of halogens is 2. The zero-order chi connectivity index (χ0) is 11.9. The summed E-state index contributed by atoms with van der Waals surface area (Å²) in [7, 11) is 0. The first-order valence-corrected chi connectivity index (χ1v) is 6.97. The highest BCUT2D eigenvalue weighted by atomic mass is 19.3. The Bertz CT molecular complexity index is 283. The van der Waals surface area contributed by atoms with Gasteiger partial charge in [-0.3, -0.25) is 0 Å². The van der Waals surface area contributed by atoms with E-state index in [0.29, 0.717) is 18.5 Å². The zero-order valence-electron chi connectivity index (χ0n) is 10.3. The van der Waals surface area contributed by atoms with Crippen LogP contribution in [-0.2, 0) is 0 Å². The molecule has 0 spiro atoms. The van der Waals surface area contributed by atoms with E-state index >= 15 is 0 Å². The Balaban J connectivity index is 1.52. The van der Waals surface area contributed by atoms with Crippen LogP contribution in [0.25, 0.3) is 0 Å². The number of rotatable bonds is 2. The summed E-state index contributed by atoms with van der Waals surface area (Å²) in [6, 6.07) is 1.31. The summed E-state index contributed by atoms with van der Waals surface area (Å²) in [5, 5.41) is 3.63. The van der Waals surface area contributed by atoms with Crippen molar-refractivity contribution < 1.29 is 8.78 Å². The van der Waals surface area contributed by atoms with Gasteiger partial charge in [0.25, 0.3) is 0 Å². The summed E-state index contributed by atoms with van der Waals surface area (Å²) >= 11 is 0. The minimum absolute atomic E-state index is 0.107. The largest absolute Gasteiger partial charge is 0.310 e. The molecule has 3 aliphatic rings. The average molecular weight is 244 g/mol.